The van der Waals surface area contributed by atoms with Gasteiger partial charge in [0.05, 0.1) is 11.7 Å². The SMILES string of the molecule is CC(=O)c1nn(-c2ccc(OC(F)(F)F)cc2)nc1N[C@@H]1CCc2ccccc21. The first-order chi connectivity index (χ1) is 13.8. The first-order valence-corrected chi connectivity index (χ1v) is 8.99. The average molecular weight is 402 g/mol. The molecule has 0 unspecified atom stereocenters. The highest BCUT2D eigenvalue weighted by molar-refractivity contribution is 5.96. The highest BCUT2D eigenvalue weighted by atomic mass is 19.4. The van der Waals surface area contributed by atoms with Gasteiger partial charge in [-0.15, -0.1) is 28.2 Å². The number of hydrogen-bond donors (Lipinski definition) is 1. The molecule has 3 aromatic rings. The van der Waals surface area contributed by atoms with Gasteiger partial charge in [0, 0.05) is 6.92 Å². The Morgan fingerprint density at radius 2 is 1.86 bits per heavy atom. The van der Waals surface area contributed by atoms with Crippen molar-refractivity contribution in [3.05, 3.63) is 65.4 Å². The van der Waals surface area contributed by atoms with E-state index in [4.69, 9.17) is 0 Å². The Hall–Kier alpha value is -3.36. The van der Waals surface area contributed by atoms with Gasteiger partial charge in [-0.25, -0.2) is 0 Å². The molecule has 0 bridgehead atoms. The van der Waals surface area contributed by atoms with E-state index in [1.165, 1.54) is 41.5 Å². The van der Waals surface area contributed by atoms with Crippen LogP contribution in [0.15, 0.2) is 48.5 Å². The number of aromatic nitrogens is 3. The number of benzene rings is 2. The van der Waals surface area contributed by atoms with Gasteiger partial charge < -0.3 is 10.1 Å². The predicted octanol–water partition coefficient (Wildman–Crippen LogP) is 4.47. The van der Waals surface area contributed by atoms with Crippen LogP contribution in [0.2, 0.25) is 0 Å². The highest BCUT2D eigenvalue weighted by Crippen LogP contribution is 2.34. The van der Waals surface area contributed by atoms with E-state index in [-0.39, 0.29) is 23.3 Å². The number of ether oxygens (including phenoxy) is 1. The summed E-state index contributed by atoms with van der Waals surface area (Å²) in [5.41, 5.74) is 2.99. The molecule has 0 amide bonds. The lowest BCUT2D eigenvalue weighted by Gasteiger charge is -2.13. The molecule has 0 saturated heterocycles. The van der Waals surface area contributed by atoms with Gasteiger partial charge in [-0.1, -0.05) is 24.3 Å². The minimum Gasteiger partial charge on any atom is -0.406 e. The number of carbonyl (C=O) groups excluding carboxylic acids is 1. The van der Waals surface area contributed by atoms with Gasteiger partial charge in [-0.05, 0) is 48.2 Å². The van der Waals surface area contributed by atoms with Crippen molar-refractivity contribution in [2.75, 3.05) is 5.32 Å². The van der Waals surface area contributed by atoms with Crippen molar-refractivity contribution < 1.29 is 22.7 Å². The normalized spacial score (nSPS) is 15.8. The third kappa shape index (κ3) is 4.08. The molecule has 1 heterocycles. The highest BCUT2D eigenvalue weighted by Gasteiger charge is 2.31. The topological polar surface area (TPSA) is 69.0 Å². The molecule has 0 aliphatic heterocycles. The third-order valence-corrected chi connectivity index (χ3v) is 4.69. The van der Waals surface area contributed by atoms with Crippen LogP contribution in [0, 0.1) is 0 Å². The largest absolute Gasteiger partial charge is 0.573 e. The maximum atomic E-state index is 12.3. The zero-order chi connectivity index (χ0) is 20.6. The van der Waals surface area contributed by atoms with Crippen LogP contribution in [0.3, 0.4) is 0 Å². The number of ketones is 1. The third-order valence-electron chi connectivity index (χ3n) is 4.69. The minimum absolute atomic E-state index is 0.0111. The smallest absolute Gasteiger partial charge is 0.406 e. The molecule has 1 atom stereocenters. The molecule has 0 fully saturated rings. The number of carbonyl (C=O) groups is 1. The summed E-state index contributed by atoms with van der Waals surface area (Å²) in [5.74, 6) is -0.266. The monoisotopic (exact) mass is 402 g/mol. The molecule has 2 aromatic carbocycles. The number of Topliss-reactive ketones (excluding diaryl/α,β-unsaturated/α-hetero) is 1. The van der Waals surface area contributed by atoms with Crippen molar-refractivity contribution in [2.45, 2.75) is 32.2 Å². The van der Waals surface area contributed by atoms with Crippen LogP contribution in [-0.4, -0.2) is 27.1 Å². The van der Waals surface area contributed by atoms with Crippen molar-refractivity contribution in [3.8, 4) is 11.4 Å². The molecule has 0 radical (unpaired) electrons. The molecule has 6 nitrogen and oxygen atoms in total. The standard InChI is InChI=1S/C20H17F3N4O2/c1-12(28)18-19(24-17-11-6-13-4-2-3-5-16(13)17)26-27(25-18)14-7-9-15(10-8-14)29-20(21,22)23/h2-5,7-10,17H,6,11H2,1H3,(H,24,26)/t17-/m1/s1. The number of rotatable bonds is 5. The molecule has 150 valence electrons. The lowest BCUT2D eigenvalue weighted by atomic mass is 10.1. The number of halogens is 3. The summed E-state index contributed by atoms with van der Waals surface area (Å²) in [6, 6.07) is 13.2. The van der Waals surface area contributed by atoms with Gasteiger partial charge in [0.25, 0.3) is 0 Å². The molecule has 4 rings (SSSR count). The van der Waals surface area contributed by atoms with Crippen molar-refractivity contribution in [2.24, 2.45) is 0 Å². The number of aryl methyl sites for hydroxylation is 1. The van der Waals surface area contributed by atoms with E-state index in [0.717, 1.165) is 18.4 Å². The van der Waals surface area contributed by atoms with Crippen LogP contribution in [0.5, 0.6) is 5.75 Å². The fourth-order valence-electron chi connectivity index (χ4n) is 3.41. The van der Waals surface area contributed by atoms with Crippen LogP contribution in [0.25, 0.3) is 5.69 Å². The van der Waals surface area contributed by atoms with Crippen molar-refractivity contribution in [3.63, 3.8) is 0 Å². The summed E-state index contributed by atoms with van der Waals surface area (Å²) in [6.07, 6.45) is -2.97. The number of nitrogens with one attached hydrogen (secondary N) is 1. The Balaban J connectivity index is 1.60. The predicted molar refractivity (Wildman–Crippen MR) is 99.2 cm³/mol. The molecule has 1 aromatic heterocycles. The van der Waals surface area contributed by atoms with E-state index < -0.39 is 6.36 Å². The Labute approximate surface area is 164 Å². The molecule has 1 aliphatic rings. The summed E-state index contributed by atoms with van der Waals surface area (Å²) in [7, 11) is 0. The maximum absolute atomic E-state index is 12.3. The van der Waals surface area contributed by atoms with Crippen LogP contribution in [0.1, 0.15) is 41.0 Å². The summed E-state index contributed by atoms with van der Waals surface area (Å²) in [4.78, 5) is 13.3. The average Bonchev–Trinajstić information content (AvgIpc) is 3.26. The molecule has 0 saturated carbocycles. The maximum Gasteiger partial charge on any atom is 0.573 e. The fraction of sp³-hybridized carbons (Fsp3) is 0.250. The van der Waals surface area contributed by atoms with Crippen molar-refractivity contribution in [1.82, 2.24) is 15.0 Å². The van der Waals surface area contributed by atoms with Gasteiger partial charge >= 0.3 is 6.36 Å². The molecular weight excluding hydrogens is 385 g/mol. The van der Waals surface area contributed by atoms with Gasteiger partial charge in [0.2, 0.25) is 0 Å². The summed E-state index contributed by atoms with van der Waals surface area (Å²) < 4.78 is 40.8. The van der Waals surface area contributed by atoms with Gasteiger partial charge in [0.15, 0.2) is 17.3 Å². The summed E-state index contributed by atoms with van der Waals surface area (Å²) in [6.45, 7) is 1.39. The number of nitrogens with zero attached hydrogens (tertiary/aromatic N) is 3. The van der Waals surface area contributed by atoms with Gasteiger partial charge in [0.1, 0.15) is 5.75 Å². The van der Waals surface area contributed by atoms with E-state index in [9.17, 15) is 18.0 Å². The van der Waals surface area contributed by atoms with E-state index in [0.29, 0.717) is 11.5 Å². The first-order valence-electron chi connectivity index (χ1n) is 8.99. The van der Waals surface area contributed by atoms with E-state index >= 15 is 0 Å². The van der Waals surface area contributed by atoms with E-state index in [1.54, 1.807) is 0 Å². The molecule has 1 N–H and O–H groups in total. The molecule has 29 heavy (non-hydrogen) atoms. The number of fused-ring (bicyclic) bond motifs is 1. The Bertz CT molecular complexity index is 1040. The van der Waals surface area contributed by atoms with E-state index in [2.05, 4.69) is 26.3 Å². The summed E-state index contributed by atoms with van der Waals surface area (Å²) >= 11 is 0. The Morgan fingerprint density at radius 3 is 2.55 bits per heavy atom. The van der Waals surface area contributed by atoms with Gasteiger partial charge in [-0.3, -0.25) is 4.79 Å². The lowest BCUT2D eigenvalue weighted by Crippen LogP contribution is -2.17. The van der Waals surface area contributed by atoms with Crippen molar-refractivity contribution >= 4 is 11.6 Å². The quantitative estimate of drug-likeness (QED) is 0.638. The number of hydrogen-bond acceptors (Lipinski definition) is 5. The molecule has 1 aliphatic carbocycles. The van der Waals surface area contributed by atoms with Crippen molar-refractivity contribution in [1.29, 1.82) is 0 Å². The van der Waals surface area contributed by atoms with E-state index in [1.807, 2.05) is 18.2 Å². The molecular formula is C20H17F3N4O2. The Morgan fingerprint density at radius 1 is 1.14 bits per heavy atom. The Kier molecular flexibility index (Phi) is 4.73. The second-order valence-corrected chi connectivity index (χ2v) is 6.72. The zero-order valence-corrected chi connectivity index (χ0v) is 15.4. The van der Waals surface area contributed by atoms with Crippen LogP contribution < -0.4 is 10.1 Å². The van der Waals surface area contributed by atoms with Gasteiger partial charge in [-0.2, -0.15) is 0 Å². The van der Waals surface area contributed by atoms with Crippen LogP contribution in [-0.2, 0) is 6.42 Å². The zero-order valence-electron chi connectivity index (χ0n) is 15.4. The van der Waals surface area contributed by atoms with Crippen LogP contribution >= 0.6 is 0 Å². The summed E-state index contributed by atoms with van der Waals surface area (Å²) in [5, 5.41) is 11.9. The lowest BCUT2D eigenvalue weighted by molar-refractivity contribution is -0.274. The minimum atomic E-state index is -4.76. The number of anilines is 1. The second-order valence-electron chi connectivity index (χ2n) is 6.72. The van der Waals surface area contributed by atoms with Crippen LogP contribution in [0.4, 0.5) is 19.0 Å². The first kappa shape index (κ1) is 19.0. The molecule has 9 heteroatoms. The molecule has 0 spiro atoms. The fourth-order valence-corrected chi connectivity index (χ4v) is 3.41. The second kappa shape index (κ2) is 7.23. The number of alkyl halides is 3.